The summed E-state index contributed by atoms with van der Waals surface area (Å²) in [5.41, 5.74) is 2.99. The Morgan fingerprint density at radius 1 is 0.904 bits per heavy atom. The first-order valence-corrected chi connectivity index (χ1v) is 20.6. The van der Waals surface area contributed by atoms with Crippen LogP contribution in [-0.2, 0) is 25.6 Å². The van der Waals surface area contributed by atoms with Gasteiger partial charge in [0.25, 0.3) is 0 Å². The van der Waals surface area contributed by atoms with Crippen molar-refractivity contribution in [2.75, 3.05) is 6.54 Å². The molecular weight excluding hydrogens is 670 g/mol. The third-order valence-electron chi connectivity index (χ3n) is 15.6. The van der Waals surface area contributed by atoms with Gasteiger partial charge in [-0.25, -0.2) is 4.79 Å². The van der Waals surface area contributed by atoms with Crippen LogP contribution in [0, 0.1) is 50.7 Å². The molecule has 8 atom stereocenters. The first-order valence-electron chi connectivity index (χ1n) is 20.3. The Morgan fingerprint density at radius 2 is 1.58 bits per heavy atom. The second kappa shape index (κ2) is 13.4. The second-order valence-corrected chi connectivity index (χ2v) is 20.6. The minimum absolute atomic E-state index is 0.0298. The Balaban J connectivity index is 1.33. The number of carbonyl (C=O) groups is 3. The number of benzene rings is 1. The maximum atomic E-state index is 14.2. The fourth-order valence-electron chi connectivity index (χ4n) is 13.2. The van der Waals surface area contributed by atoms with Gasteiger partial charge in [-0.2, -0.15) is 0 Å². The summed E-state index contributed by atoms with van der Waals surface area (Å²) in [6.45, 7) is 25.2. The summed E-state index contributed by atoms with van der Waals surface area (Å²) < 4.78 is 11.9. The maximum absolute atomic E-state index is 14.2. The lowest BCUT2D eigenvalue weighted by Crippen LogP contribution is -2.65. The molecule has 0 bridgehead atoms. The lowest BCUT2D eigenvalue weighted by Gasteiger charge is -2.72. The summed E-state index contributed by atoms with van der Waals surface area (Å²) in [5.74, 6) is 1.75. The van der Waals surface area contributed by atoms with Crippen LogP contribution in [-0.4, -0.2) is 41.0 Å². The molecule has 0 saturated heterocycles. The molecule has 7 heteroatoms. The Kier molecular flexibility index (Phi) is 10.2. The third kappa shape index (κ3) is 6.47. The van der Waals surface area contributed by atoms with Gasteiger partial charge in [0.2, 0.25) is 0 Å². The van der Waals surface area contributed by atoms with E-state index in [-0.39, 0.29) is 51.2 Å². The zero-order valence-electron chi connectivity index (χ0n) is 34.0. The molecule has 6 nitrogen and oxygen atoms in total. The van der Waals surface area contributed by atoms with Crippen molar-refractivity contribution in [1.29, 1.82) is 0 Å². The first kappa shape index (κ1) is 39.4. The van der Waals surface area contributed by atoms with E-state index in [2.05, 4.69) is 48.5 Å². The molecule has 0 radical (unpaired) electrons. The zero-order chi connectivity index (χ0) is 38.2. The highest BCUT2D eigenvalue weighted by Crippen LogP contribution is 2.77. The number of carbonyl (C=O) groups excluding carboxylic acids is 3. The molecule has 0 aliphatic heterocycles. The highest BCUT2D eigenvalue weighted by atomic mass is 35.5. The summed E-state index contributed by atoms with van der Waals surface area (Å²) in [7, 11) is 0. The molecule has 4 fully saturated rings. The fourth-order valence-corrected chi connectivity index (χ4v) is 13.3. The first-order chi connectivity index (χ1) is 24.1. The van der Waals surface area contributed by atoms with Crippen molar-refractivity contribution >= 4 is 29.4 Å². The SMILES string of the molecule is CC(=O)OC1CCC2(C)C(CCC3(C)C2CCC2C4=C(C(C)C)C(=O)CC4(CCN(Cc4ccc(Cl)cc4)C(=O)OC(C)(C)C)CCC23C)C1(C)C. The summed E-state index contributed by atoms with van der Waals surface area (Å²) in [6.07, 6.45) is 9.64. The number of esters is 1. The smallest absolute Gasteiger partial charge is 0.410 e. The van der Waals surface area contributed by atoms with Crippen LogP contribution in [0.15, 0.2) is 35.4 Å². The molecule has 52 heavy (non-hydrogen) atoms. The monoisotopic (exact) mass is 735 g/mol. The third-order valence-corrected chi connectivity index (χ3v) is 15.9. The molecule has 6 rings (SSSR count). The highest BCUT2D eigenvalue weighted by molar-refractivity contribution is 6.30. The quantitative estimate of drug-likeness (QED) is 0.261. The van der Waals surface area contributed by atoms with E-state index in [4.69, 9.17) is 21.1 Å². The van der Waals surface area contributed by atoms with Crippen LogP contribution < -0.4 is 0 Å². The van der Waals surface area contributed by atoms with E-state index in [1.165, 1.54) is 12.0 Å². The molecule has 0 heterocycles. The lowest BCUT2D eigenvalue weighted by atomic mass is 9.33. The molecular formula is C45H66ClNO5. The molecule has 1 aromatic rings. The summed E-state index contributed by atoms with van der Waals surface area (Å²) >= 11 is 6.21. The van der Waals surface area contributed by atoms with Gasteiger partial charge in [-0.3, -0.25) is 9.59 Å². The van der Waals surface area contributed by atoms with E-state index in [1.807, 2.05) is 49.9 Å². The molecule has 5 aliphatic rings. The number of amides is 1. The molecule has 0 aromatic heterocycles. The number of Topliss-reactive ketones (excluding diaryl/α,β-unsaturated/α-hetero) is 1. The minimum Gasteiger partial charge on any atom is -0.462 e. The Morgan fingerprint density at radius 3 is 2.19 bits per heavy atom. The van der Waals surface area contributed by atoms with Gasteiger partial charge in [0, 0.05) is 42.3 Å². The van der Waals surface area contributed by atoms with Crippen LogP contribution in [0.2, 0.25) is 5.02 Å². The number of allylic oxidation sites excluding steroid dienone is 2. The number of hydrogen-bond donors (Lipinski definition) is 0. The normalized spacial score (nSPS) is 36.8. The van der Waals surface area contributed by atoms with Crippen LogP contribution in [0.3, 0.4) is 0 Å². The van der Waals surface area contributed by atoms with Crippen molar-refractivity contribution < 1.29 is 23.9 Å². The van der Waals surface area contributed by atoms with Gasteiger partial charge in [0.1, 0.15) is 11.7 Å². The van der Waals surface area contributed by atoms with Crippen LogP contribution in [0.5, 0.6) is 0 Å². The van der Waals surface area contributed by atoms with Gasteiger partial charge in [-0.1, -0.05) is 77.8 Å². The highest BCUT2D eigenvalue weighted by Gasteiger charge is 2.70. The molecule has 4 saturated carbocycles. The van der Waals surface area contributed by atoms with Gasteiger partial charge >= 0.3 is 12.1 Å². The van der Waals surface area contributed by atoms with Crippen molar-refractivity contribution in [3.05, 3.63) is 46.0 Å². The van der Waals surface area contributed by atoms with E-state index >= 15 is 0 Å². The van der Waals surface area contributed by atoms with Crippen LogP contribution >= 0.6 is 11.6 Å². The molecule has 1 amide bonds. The summed E-state index contributed by atoms with van der Waals surface area (Å²) in [6, 6.07) is 7.69. The van der Waals surface area contributed by atoms with E-state index in [0.29, 0.717) is 48.1 Å². The van der Waals surface area contributed by atoms with Crippen LogP contribution in [0.25, 0.3) is 0 Å². The van der Waals surface area contributed by atoms with E-state index in [0.717, 1.165) is 62.5 Å². The van der Waals surface area contributed by atoms with Gasteiger partial charge in [-0.15, -0.1) is 0 Å². The van der Waals surface area contributed by atoms with E-state index in [1.54, 1.807) is 6.92 Å². The predicted octanol–water partition coefficient (Wildman–Crippen LogP) is 11.4. The summed E-state index contributed by atoms with van der Waals surface area (Å²) in [4.78, 5) is 41.9. The van der Waals surface area contributed by atoms with Crippen LogP contribution in [0.4, 0.5) is 4.79 Å². The Hall–Kier alpha value is -2.34. The lowest BCUT2D eigenvalue weighted by molar-refractivity contribution is -0.232. The number of ketones is 1. The maximum Gasteiger partial charge on any atom is 0.410 e. The largest absolute Gasteiger partial charge is 0.462 e. The minimum atomic E-state index is -0.613. The standard InChI is InChI=1S/C45H66ClNO5/c1-28(2)37-33(49)26-45(24-25-47(39(50)52-40(4,5)6)27-30-12-14-31(46)15-13-30)23-22-43(10)32(38(37)45)16-17-35-42(9)20-19-36(51-29(3)48)41(7,8)34(42)18-21-44(35,43)11/h12-15,28,32,34-36H,16-27H2,1-11H3. The van der Waals surface area contributed by atoms with Gasteiger partial charge in [-0.05, 0) is 142 Å². The van der Waals surface area contributed by atoms with Crippen LogP contribution in [0.1, 0.15) is 146 Å². The molecule has 8 unspecified atom stereocenters. The molecule has 288 valence electrons. The molecule has 5 aliphatic carbocycles. The van der Waals surface area contributed by atoms with Crippen molar-refractivity contribution in [2.45, 2.75) is 159 Å². The van der Waals surface area contributed by atoms with E-state index < -0.39 is 5.60 Å². The summed E-state index contributed by atoms with van der Waals surface area (Å²) in [5, 5.41) is 0.668. The molecule has 1 aromatic carbocycles. The van der Waals surface area contributed by atoms with E-state index in [9.17, 15) is 14.4 Å². The van der Waals surface area contributed by atoms with Crippen molar-refractivity contribution in [3.63, 3.8) is 0 Å². The Labute approximate surface area is 319 Å². The predicted molar refractivity (Wildman–Crippen MR) is 208 cm³/mol. The van der Waals surface area contributed by atoms with Crippen molar-refractivity contribution in [1.82, 2.24) is 4.90 Å². The number of nitrogens with zero attached hydrogens (tertiary/aromatic N) is 1. The Bertz CT molecular complexity index is 1610. The van der Waals surface area contributed by atoms with Gasteiger partial charge in [0.05, 0.1) is 0 Å². The van der Waals surface area contributed by atoms with Crippen molar-refractivity contribution in [2.24, 2.45) is 50.7 Å². The van der Waals surface area contributed by atoms with Gasteiger partial charge in [0.15, 0.2) is 5.78 Å². The number of halogens is 1. The fraction of sp³-hybridized carbons (Fsp3) is 0.756. The van der Waals surface area contributed by atoms with Crippen molar-refractivity contribution in [3.8, 4) is 0 Å². The number of ether oxygens (including phenoxy) is 2. The average molecular weight is 736 g/mol. The number of rotatable bonds is 7. The second-order valence-electron chi connectivity index (χ2n) is 20.2. The average Bonchev–Trinajstić information content (AvgIpc) is 3.33. The molecule has 0 spiro atoms. The zero-order valence-corrected chi connectivity index (χ0v) is 34.8. The van der Waals surface area contributed by atoms with Gasteiger partial charge < -0.3 is 14.4 Å². The molecule has 0 N–H and O–H groups in total. The topological polar surface area (TPSA) is 72.9 Å². The number of hydrogen-bond acceptors (Lipinski definition) is 5. The number of fused-ring (bicyclic) bond motifs is 7.